The predicted molar refractivity (Wildman–Crippen MR) is 71.7 cm³/mol. The van der Waals surface area contributed by atoms with Crippen molar-refractivity contribution >= 4 is 21.6 Å². The van der Waals surface area contributed by atoms with Crippen LogP contribution in [0.3, 0.4) is 0 Å². The van der Waals surface area contributed by atoms with Gasteiger partial charge in [0.15, 0.2) is 0 Å². The summed E-state index contributed by atoms with van der Waals surface area (Å²) in [4.78, 5) is 20.4. The van der Waals surface area contributed by atoms with Gasteiger partial charge in [-0.1, -0.05) is 0 Å². The molecule has 0 spiro atoms. The Bertz CT molecular complexity index is 675. The van der Waals surface area contributed by atoms with E-state index in [-0.39, 0.29) is 5.56 Å². The molecule has 116 valence electrons. The zero-order valence-corrected chi connectivity index (χ0v) is 12.2. The molecule has 0 aliphatic heterocycles. The summed E-state index contributed by atoms with van der Waals surface area (Å²) < 4.78 is 39.4. The van der Waals surface area contributed by atoms with Gasteiger partial charge in [-0.3, -0.25) is 14.9 Å². The maximum atomic E-state index is 13.4. The fourth-order valence-corrected chi connectivity index (χ4v) is 2.80. The van der Waals surface area contributed by atoms with E-state index in [1.54, 1.807) is 6.92 Å². The number of hydrogen-bond donors (Lipinski definition) is 2. The molecule has 0 unspecified atom stereocenters. The minimum atomic E-state index is -4.16. The van der Waals surface area contributed by atoms with Crippen molar-refractivity contribution in [1.29, 1.82) is 0 Å². The van der Waals surface area contributed by atoms with Crippen LogP contribution in [0.15, 0.2) is 17.0 Å². The number of carbonyl (C=O) groups excluding carboxylic acids is 1. The first-order valence-electron chi connectivity index (χ1n) is 5.90. The first-order valence-corrected chi connectivity index (χ1v) is 7.38. The SMILES string of the molecule is CCNC(=O)CNS(=O)(=O)c1cc([N+](=O)[O-])c(F)cc1C. The van der Waals surface area contributed by atoms with E-state index in [1.165, 1.54) is 6.92 Å². The molecule has 0 saturated heterocycles. The number of aryl methyl sites for hydroxylation is 1. The van der Waals surface area contributed by atoms with Gasteiger partial charge in [-0.15, -0.1) is 0 Å². The van der Waals surface area contributed by atoms with Crippen LogP contribution in [0.4, 0.5) is 10.1 Å². The molecule has 0 fully saturated rings. The molecule has 2 N–H and O–H groups in total. The predicted octanol–water partition coefficient (Wildman–Crippen LogP) is 0.457. The van der Waals surface area contributed by atoms with Crippen molar-refractivity contribution in [3.63, 3.8) is 0 Å². The molecular formula is C11H14FN3O5S. The van der Waals surface area contributed by atoms with E-state index in [0.29, 0.717) is 12.6 Å². The van der Waals surface area contributed by atoms with Gasteiger partial charge in [0.05, 0.1) is 16.4 Å². The smallest absolute Gasteiger partial charge is 0.306 e. The average Bonchev–Trinajstić information content (AvgIpc) is 2.36. The number of halogens is 1. The molecule has 21 heavy (non-hydrogen) atoms. The van der Waals surface area contributed by atoms with E-state index in [9.17, 15) is 27.7 Å². The fourth-order valence-electron chi connectivity index (χ4n) is 1.57. The number of nitro groups is 1. The number of amides is 1. The molecule has 0 aromatic heterocycles. The molecule has 0 heterocycles. The summed E-state index contributed by atoms with van der Waals surface area (Å²) in [6.07, 6.45) is 0. The Hall–Kier alpha value is -2.07. The fraction of sp³-hybridized carbons (Fsp3) is 0.364. The summed E-state index contributed by atoms with van der Waals surface area (Å²) in [6.45, 7) is 2.79. The first kappa shape index (κ1) is 17.0. The van der Waals surface area contributed by atoms with Gasteiger partial charge in [0.25, 0.3) is 0 Å². The van der Waals surface area contributed by atoms with Crippen LogP contribution in [-0.2, 0) is 14.8 Å². The highest BCUT2D eigenvalue weighted by Gasteiger charge is 2.24. The second-order valence-corrected chi connectivity index (χ2v) is 5.84. The number of sulfonamides is 1. The second kappa shape index (κ2) is 6.59. The minimum absolute atomic E-state index is 0.00139. The molecule has 8 nitrogen and oxygen atoms in total. The third-order valence-corrected chi connectivity index (χ3v) is 4.07. The highest BCUT2D eigenvalue weighted by molar-refractivity contribution is 7.89. The van der Waals surface area contributed by atoms with Crippen LogP contribution in [0.25, 0.3) is 0 Å². The van der Waals surface area contributed by atoms with E-state index < -0.39 is 43.8 Å². The Morgan fingerprint density at radius 1 is 1.43 bits per heavy atom. The van der Waals surface area contributed by atoms with E-state index >= 15 is 0 Å². The third-order valence-electron chi connectivity index (χ3n) is 2.53. The zero-order chi connectivity index (χ0) is 16.2. The molecule has 0 radical (unpaired) electrons. The van der Waals surface area contributed by atoms with Crippen molar-refractivity contribution in [3.05, 3.63) is 33.6 Å². The summed E-state index contributed by atoms with van der Waals surface area (Å²) >= 11 is 0. The largest absolute Gasteiger partial charge is 0.355 e. The molecule has 0 saturated carbocycles. The van der Waals surface area contributed by atoms with E-state index in [1.807, 2.05) is 4.72 Å². The molecule has 1 aromatic rings. The van der Waals surface area contributed by atoms with Crippen molar-refractivity contribution in [2.45, 2.75) is 18.7 Å². The Labute approximate surface area is 120 Å². The van der Waals surface area contributed by atoms with Crippen LogP contribution in [0.1, 0.15) is 12.5 Å². The van der Waals surface area contributed by atoms with E-state index in [4.69, 9.17) is 0 Å². The third kappa shape index (κ3) is 4.20. The maximum absolute atomic E-state index is 13.4. The number of nitro benzene ring substituents is 1. The van der Waals surface area contributed by atoms with Crippen LogP contribution in [0.2, 0.25) is 0 Å². The summed E-state index contributed by atoms with van der Waals surface area (Å²) in [5.41, 5.74) is -0.944. The van der Waals surface area contributed by atoms with Crippen molar-refractivity contribution in [1.82, 2.24) is 10.0 Å². The highest BCUT2D eigenvalue weighted by Crippen LogP contribution is 2.25. The topological polar surface area (TPSA) is 118 Å². The Balaban J connectivity index is 3.11. The number of nitrogens with one attached hydrogen (secondary N) is 2. The van der Waals surface area contributed by atoms with Crippen LogP contribution >= 0.6 is 0 Å². The lowest BCUT2D eigenvalue weighted by atomic mass is 10.2. The Morgan fingerprint density at radius 3 is 2.57 bits per heavy atom. The van der Waals surface area contributed by atoms with Gasteiger partial charge in [0.1, 0.15) is 0 Å². The van der Waals surface area contributed by atoms with E-state index in [2.05, 4.69) is 5.32 Å². The monoisotopic (exact) mass is 319 g/mol. The molecule has 0 aliphatic rings. The van der Waals surface area contributed by atoms with Gasteiger partial charge in [-0.05, 0) is 25.5 Å². The molecule has 10 heteroatoms. The number of benzene rings is 1. The van der Waals surface area contributed by atoms with Gasteiger partial charge >= 0.3 is 5.69 Å². The van der Waals surface area contributed by atoms with Gasteiger partial charge in [-0.25, -0.2) is 13.1 Å². The van der Waals surface area contributed by atoms with Crippen molar-refractivity contribution < 1.29 is 22.5 Å². The van der Waals surface area contributed by atoms with Crippen LogP contribution in [-0.4, -0.2) is 32.3 Å². The van der Waals surface area contributed by atoms with Crippen LogP contribution in [0, 0.1) is 22.9 Å². The molecule has 1 rings (SSSR count). The zero-order valence-electron chi connectivity index (χ0n) is 11.3. The van der Waals surface area contributed by atoms with Crippen molar-refractivity contribution in [3.8, 4) is 0 Å². The molecular weight excluding hydrogens is 305 g/mol. The average molecular weight is 319 g/mol. The lowest BCUT2D eigenvalue weighted by Gasteiger charge is -2.09. The van der Waals surface area contributed by atoms with Crippen LogP contribution in [0.5, 0.6) is 0 Å². The molecule has 1 amide bonds. The maximum Gasteiger partial charge on any atom is 0.306 e. The number of carbonyl (C=O) groups is 1. The number of nitrogens with zero attached hydrogens (tertiary/aromatic N) is 1. The molecule has 0 aliphatic carbocycles. The lowest BCUT2D eigenvalue weighted by molar-refractivity contribution is -0.387. The van der Waals surface area contributed by atoms with E-state index in [0.717, 1.165) is 6.07 Å². The van der Waals surface area contributed by atoms with Gasteiger partial charge in [-0.2, -0.15) is 4.39 Å². The number of hydrogen-bond acceptors (Lipinski definition) is 5. The minimum Gasteiger partial charge on any atom is -0.355 e. The second-order valence-electron chi connectivity index (χ2n) is 4.10. The van der Waals surface area contributed by atoms with Crippen molar-refractivity contribution in [2.24, 2.45) is 0 Å². The van der Waals surface area contributed by atoms with Gasteiger partial charge in [0.2, 0.25) is 21.7 Å². The quantitative estimate of drug-likeness (QED) is 0.583. The van der Waals surface area contributed by atoms with Gasteiger partial charge in [0, 0.05) is 12.6 Å². The van der Waals surface area contributed by atoms with Crippen molar-refractivity contribution in [2.75, 3.05) is 13.1 Å². The summed E-state index contributed by atoms with van der Waals surface area (Å²) in [7, 11) is -4.16. The summed E-state index contributed by atoms with van der Waals surface area (Å²) in [5, 5.41) is 13.0. The summed E-state index contributed by atoms with van der Waals surface area (Å²) in [6, 6.07) is 1.39. The molecule has 1 aromatic carbocycles. The molecule has 0 bridgehead atoms. The van der Waals surface area contributed by atoms with Crippen LogP contribution < -0.4 is 10.0 Å². The Kier molecular flexibility index (Phi) is 5.33. The first-order chi connectivity index (χ1) is 9.69. The highest BCUT2D eigenvalue weighted by atomic mass is 32.2. The number of rotatable bonds is 6. The van der Waals surface area contributed by atoms with Gasteiger partial charge < -0.3 is 5.32 Å². The molecule has 0 atom stereocenters. The normalized spacial score (nSPS) is 11.2. The standard InChI is InChI=1S/C11H14FN3O5S/c1-3-13-11(16)6-14-21(19,20)10-5-9(15(17)18)8(12)4-7(10)2/h4-5,14H,3,6H2,1-2H3,(H,13,16). The summed E-state index contributed by atoms with van der Waals surface area (Å²) in [5.74, 6) is -1.67. The lowest BCUT2D eigenvalue weighted by Crippen LogP contribution is -2.37. The number of likely N-dealkylation sites (N-methyl/N-ethyl adjacent to an activating group) is 1. The Morgan fingerprint density at radius 2 is 2.05 bits per heavy atom.